The molecule has 1 aliphatic carbocycles. The number of aromatic nitrogens is 1. The van der Waals surface area contributed by atoms with Crippen LogP contribution in [0.1, 0.15) is 48.9 Å². The van der Waals surface area contributed by atoms with Gasteiger partial charge in [-0.3, -0.25) is 25.2 Å². The van der Waals surface area contributed by atoms with Gasteiger partial charge in [-0.05, 0) is 61.8 Å². The van der Waals surface area contributed by atoms with Gasteiger partial charge >= 0.3 is 0 Å². The van der Waals surface area contributed by atoms with Gasteiger partial charge in [0.25, 0.3) is 0 Å². The second-order valence-corrected chi connectivity index (χ2v) is 12.7. The van der Waals surface area contributed by atoms with Crippen molar-refractivity contribution in [2.45, 2.75) is 56.5 Å². The number of fused-ring (bicyclic) bond motifs is 4. The first kappa shape index (κ1) is 25.3. The maximum atomic E-state index is 14.2. The average molecular weight is 596 g/mol. The Morgan fingerprint density at radius 1 is 1.08 bits per heavy atom. The Balaban J connectivity index is 1.07. The summed E-state index contributed by atoms with van der Waals surface area (Å²) < 4.78 is 0.901. The van der Waals surface area contributed by atoms with Gasteiger partial charge in [-0.1, -0.05) is 22.0 Å². The van der Waals surface area contributed by atoms with Crippen LogP contribution >= 0.6 is 15.9 Å². The van der Waals surface area contributed by atoms with Crippen molar-refractivity contribution in [2.24, 2.45) is 11.8 Å². The molecular formula is C29H35BrN6O3. The minimum absolute atomic E-state index is 0.00666. The molecule has 1 saturated carbocycles. The number of amides is 3. The number of hydrogen-bond donors (Lipinski definition) is 3. The SMILES string of the molecule is O=C(CN1C(=O)C2(CCN(C(=O)C3CCC4NNCC4C3)CC2)c2c(Br)cccc21)N1CCc2[nH]ccc2C1. The first-order valence-electron chi connectivity index (χ1n) is 14.3. The van der Waals surface area contributed by atoms with E-state index in [1.165, 1.54) is 5.69 Å². The topological polar surface area (TPSA) is 101 Å². The van der Waals surface area contributed by atoms with Crippen molar-refractivity contribution in [1.29, 1.82) is 0 Å². The molecule has 5 heterocycles. The Kier molecular flexibility index (Phi) is 6.32. The smallest absolute Gasteiger partial charge is 0.242 e. The normalized spacial score (nSPS) is 27.5. The first-order valence-corrected chi connectivity index (χ1v) is 15.0. The van der Waals surface area contributed by atoms with Gasteiger partial charge < -0.3 is 19.7 Å². The molecule has 3 unspecified atom stereocenters. The van der Waals surface area contributed by atoms with Crippen LogP contribution in [0.3, 0.4) is 0 Å². The number of halogens is 1. The minimum Gasteiger partial charge on any atom is -0.365 e. The molecule has 3 fully saturated rings. The molecule has 3 amide bonds. The third kappa shape index (κ3) is 4.14. The van der Waals surface area contributed by atoms with Crippen LogP contribution in [0.15, 0.2) is 34.9 Å². The number of H-pyrrole nitrogens is 1. The summed E-state index contributed by atoms with van der Waals surface area (Å²) in [5.74, 6) is 0.789. The van der Waals surface area contributed by atoms with E-state index in [-0.39, 0.29) is 30.2 Å². The Morgan fingerprint density at radius 2 is 1.92 bits per heavy atom. The van der Waals surface area contributed by atoms with Gasteiger partial charge in [0, 0.05) is 78.7 Å². The zero-order valence-corrected chi connectivity index (χ0v) is 23.6. The molecule has 2 saturated heterocycles. The highest BCUT2D eigenvalue weighted by atomic mass is 79.9. The Bertz CT molecular complexity index is 1320. The van der Waals surface area contributed by atoms with Gasteiger partial charge in [-0.15, -0.1) is 0 Å². The molecule has 10 heteroatoms. The molecule has 206 valence electrons. The van der Waals surface area contributed by atoms with Crippen molar-refractivity contribution in [3.05, 3.63) is 51.8 Å². The first-order chi connectivity index (χ1) is 18.9. The maximum Gasteiger partial charge on any atom is 0.242 e. The number of nitrogens with one attached hydrogen (secondary N) is 3. The molecule has 1 aromatic carbocycles. The van der Waals surface area contributed by atoms with Crippen LogP contribution in [0.5, 0.6) is 0 Å². The van der Waals surface area contributed by atoms with Crippen LogP contribution < -0.4 is 15.8 Å². The van der Waals surface area contributed by atoms with Crippen molar-refractivity contribution in [3.63, 3.8) is 0 Å². The summed E-state index contributed by atoms with van der Waals surface area (Å²) in [6, 6.07) is 8.38. The van der Waals surface area contributed by atoms with E-state index in [4.69, 9.17) is 0 Å². The highest BCUT2D eigenvalue weighted by Gasteiger charge is 2.54. The van der Waals surface area contributed by atoms with Crippen LogP contribution in [0, 0.1) is 11.8 Å². The maximum absolute atomic E-state index is 14.2. The molecule has 39 heavy (non-hydrogen) atoms. The Labute approximate surface area is 236 Å². The van der Waals surface area contributed by atoms with Crippen molar-refractivity contribution in [2.75, 3.05) is 37.6 Å². The zero-order chi connectivity index (χ0) is 26.7. The number of benzene rings is 1. The second-order valence-electron chi connectivity index (χ2n) is 11.9. The van der Waals surface area contributed by atoms with Gasteiger partial charge in [0.2, 0.25) is 17.7 Å². The van der Waals surface area contributed by atoms with E-state index in [0.29, 0.717) is 51.0 Å². The summed E-state index contributed by atoms with van der Waals surface area (Å²) >= 11 is 3.73. The molecule has 7 rings (SSSR count). The van der Waals surface area contributed by atoms with Crippen LogP contribution in [0.4, 0.5) is 5.69 Å². The number of anilines is 1. The van der Waals surface area contributed by atoms with Gasteiger partial charge in [-0.2, -0.15) is 0 Å². The van der Waals surface area contributed by atoms with Crippen LogP contribution in [0.2, 0.25) is 0 Å². The van der Waals surface area contributed by atoms with Gasteiger partial charge in [0.15, 0.2) is 0 Å². The zero-order valence-electron chi connectivity index (χ0n) is 22.0. The number of aromatic amines is 1. The molecule has 4 aliphatic heterocycles. The van der Waals surface area contributed by atoms with Gasteiger partial charge in [0.05, 0.1) is 5.41 Å². The lowest BCUT2D eigenvalue weighted by atomic mass is 9.73. The van der Waals surface area contributed by atoms with E-state index in [9.17, 15) is 14.4 Å². The molecule has 1 spiro atoms. The van der Waals surface area contributed by atoms with Crippen molar-refractivity contribution in [3.8, 4) is 0 Å². The fourth-order valence-corrected chi connectivity index (χ4v) is 8.43. The summed E-state index contributed by atoms with van der Waals surface area (Å²) in [6.45, 7) is 3.32. The summed E-state index contributed by atoms with van der Waals surface area (Å²) in [4.78, 5) is 50.0. The third-order valence-corrected chi connectivity index (χ3v) is 10.6. The van der Waals surface area contributed by atoms with Gasteiger partial charge in [-0.25, -0.2) is 0 Å². The Hall–Kier alpha value is -2.69. The second kappa shape index (κ2) is 9.74. The molecule has 5 aliphatic rings. The van der Waals surface area contributed by atoms with Crippen molar-refractivity contribution < 1.29 is 14.4 Å². The van der Waals surface area contributed by atoms with E-state index in [1.54, 1.807) is 4.90 Å². The average Bonchev–Trinajstić information content (AvgIpc) is 3.67. The number of hydrogen-bond acceptors (Lipinski definition) is 5. The monoisotopic (exact) mass is 594 g/mol. The quantitative estimate of drug-likeness (QED) is 0.507. The largest absolute Gasteiger partial charge is 0.365 e. The molecule has 3 atom stereocenters. The van der Waals surface area contributed by atoms with Crippen molar-refractivity contribution >= 4 is 39.3 Å². The summed E-state index contributed by atoms with van der Waals surface area (Å²) in [6.07, 6.45) is 6.75. The highest BCUT2D eigenvalue weighted by molar-refractivity contribution is 9.10. The number of likely N-dealkylation sites (tertiary alicyclic amines) is 1. The number of nitrogens with zero attached hydrogens (tertiary/aromatic N) is 3. The van der Waals surface area contributed by atoms with Crippen LogP contribution in [0.25, 0.3) is 0 Å². The van der Waals surface area contributed by atoms with Crippen LogP contribution in [-0.4, -0.2) is 71.3 Å². The fourth-order valence-electron chi connectivity index (χ4n) is 7.70. The number of carbonyl (C=O) groups excluding carboxylic acids is 3. The summed E-state index contributed by atoms with van der Waals surface area (Å²) in [5, 5.41) is 0. The lowest BCUT2D eigenvalue weighted by molar-refractivity contribution is -0.140. The molecule has 2 aromatic rings. The third-order valence-electron chi connectivity index (χ3n) is 9.90. The molecule has 0 radical (unpaired) electrons. The number of hydrazine groups is 1. The Morgan fingerprint density at radius 3 is 2.77 bits per heavy atom. The molecule has 9 nitrogen and oxygen atoms in total. The number of carbonyl (C=O) groups is 3. The number of piperidine rings is 1. The fraction of sp³-hybridized carbons (Fsp3) is 0.552. The standard InChI is InChI=1S/C29H35BrN6O3/c30-21-2-1-3-24-26(21)29(28(39)36(24)17-25(37)35-11-7-22-19(16-35)6-10-31-22)8-12-34(13-9-29)27(38)18-4-5-23-20(14-18)15-32-33-23/h1-3,6,10,18,20,23,31-33H,4-5,7-9,11-17H2. The minimum atomic E-state index is -0.709. The van der Waals surface area contributed by atoms with Crippen LogP contribution in [-0.2, 0) is 32.8 Å². The van der Waals surface area contributed by atoms with Crippen molar-refractivity contribution in [1.82, 2.24) is 25.6 Å². The van der Waals surface area contributed by atoms with E-state index >= 15 is 0 Å². The molecule has 1 aromatic heterocycles. The lowest BCUT2D eigenvalue weighted by Crippen LogP contribution is -2.53. The predicted molar refractivity (Wildman–Crippen MR) is 150 cm³/mol. The van der Waals surface area contributed by atoms with E-state index in [2.05, 4.69) is 31.8 Å². The number of rotatable bonds is 3. The molecular weight excluding hydrogens is 560 g/mol. The summed E-state index contributed by atoms with van der Waals surface area (Å²) in [7, 11) is 0. The highest BCUT2D eigenvalue weighted by Crippen LogP contribution is 2.51. The molecule has 0 bridgehead atoms. The van der Waals surface area contributed by atoms with Gasteiger partial charge in [0.1, 0.15) is 6.54 Å². The predicted octanol–water partition coefficient (Wildman–Crippen LogP) is 2.46. The molecule has 3 N–H and O–H groups in total. The van der Waals surface area contributed by atoms with E-state index in [1.807, 2.05) is 40.3 Å². The lowest BCUT2D eigenvalue weighted by Gasteiger charge is -2.41. The van der Waals surface area contributed by atoms with E-state index in [0.717, 1.165) is 53.5 Å². The summed E-state index contributed by atoms with van der Waals surface area (Å²) in [5.41, 5.74) is 10.0. The van der Waals surface area contributed by atoms with E-state index < -0.39 is 5.41 Å².